The first-order chi connectivity index (χ1) is 12.0. The van der Waals surface area contributed by atoms with Gasteiger partial charge in [-0.05, 0) is 25.0 Å². The number of rotatable bonds is 3. The molecule has 3 heterocycles. The van der Waals surface area contributed by atoms with Gasteiger partial charge in [0.2, 0.25) is 0 Å². The Kier molecular flexibility index (Phi) is 4.99. The molecule has 0 atom stereocenters. The van der Waals surface area contributed by atoms with E-state index in [0.29, 0.717) is 16.4 Å². The maximum absolute atomic E-state index is 11.4. The topological polar surface area (TPSA) is 86.2 Å². The number of amides is 1. The second-order valence-corrected chi connectivity index (χ2v) is 6.62. The highest BCUT2D eigenvalue weighted by Gasteiger charge is 2.17. The van der Waals surface area contributed by atoms with Crippen molar-refractivity contribution in [2.24, 2.45) is 11.7 Å². The minimum absolute atomic E-state index is 0.282. The maximum Gasteiger partial charge on any atom is 0.254 e. The third-order valence-electron chi connectivity index (χ3n) is 4.19. The van der Waals surface area contributed by atoms with E-state index in [1.807, 2.05) is 13.0 Å². The van der Waals surface area contributed by atoms with Crippen LogP contribution in [0.25, 0.3) is 16.9 Å². The van der Waals surface area contributed by atoms with Crippen LogP contribution in [0.5, 0.6) is 0 Å². The average molecular weight is 358 g/mol. The zero-order valence-corrected chi connectivity index (χ0v) is 15.0. The van der Waals surface area contributed by atoms with Gasteiger partial charge in [-0.1, -0.05) is 37.8 Å². The molecule has 0 saturated heterocycles. The molecule has 1 saturated carbocycles. The number of carbonyl (C=O) groups excluding carboxylic acids is 1. The summed E-state index contributed by atoms with van der Waals surface area (Å²) >= 11 is 5.93. The van der Waals surface area contributed by atoms with Crippen LogP contribution in [-0.2, 0) is 0 Å². The largest absolute Gasteiger partial charge is 0.365 e. The molecule has 0 aliphatic heterocycles. The number of nitrogens with two attached hydrogens (primary N) is 1. The smallest absolute Gasteiger partial charge is 0.254 e. The summed E-state index contributed by atoms with van der Waals surface area (Å²) in [5, 5.41) is 4.62. The van der Waals surface area contributed by atoms with Crippen molar-refractivity contribution in [2.75, 3.05) is 0 Å². The molecule has 3 aromatic heterocycles. The van der Waals surface area contributed by atoms with E-state index < -0.39 is 5.91 Å². The lowest BCUT2D eigenvalue weighted by Crippen LogP contribution is -2.11. The molecule has 0 aromatic carbocycles. The second kappa shape index (κ2) is 7.19. The van der Waals surface area contributed by atoms with Crippen molar-refractivity contribution in [1.82, 2.24) is 19.6 Å². The van der Waals surface area contributed by atoms with Crippen LogP contribution in [0.2, 0.25) is 5.02 Å². The predicted octanol–water partition coefficient (Wildman–Crippen LogP) is 3.66. The normalized spacial score (nSPS) is 13.4. The number of primary amides is 1. The first kappa shape index (κ1) is 17.4. The summed E-state index contributed by atoms with van der Waals surface area (Å²) in [6.07, 6.45) is 9.05. The van der Waals surface area contributed by atoms with Crippen molar-refractivity contribution >= 4 is 23.2 Å². The van der Waals surface area contributed by atoms with Crippen LogP contribution < -0.4 is 5.73 Å². The number of aryl methyl sites for hydroxylation is 1. The third-order valence-corrected chi connectivity index (χ3v) is 4.40. The van der Waals surface area contributed by atoms with Crippen LogP contribution in [0, 0.1) is 12.8 Å². The predicted molar refractivity (Wildman–Crippen MR) is 97.5 cm³/mol. The van der Waals surface area contributed by atoms with Gasteiger partial charge in [0, 0.05) is 23.7 Å². The van der Waals surface area contributed by atoms with Gasteiger partial charge in [-0.3, -0.25) is 9.78 Å². The van der Waals surface area contributed by atoms with Gasteiger partial charge in [0.1, 0.15) is 5.56 Å². The lowest BCUT2D eigenvalue weighted by Gasteiger charge is -2.05. The number of hydrogen-bond donors (Lipinski definition) is 1. The Morgan fingerprint density at radius 1 is 1.32 bits per heavy atom. The van der Waals surface area contributed by atoms with Crippen molar-refractivity contribution in [2.45, 2.75) is 33.1 Å². The van der Waals surface area contributed by atoms with Crippen molar-refractivity contribution in [3.8, 4) is 11.3 Å². The van der Waals surface area contributed by atoms with Gasteiger partial charge in [-0.15, -0.1) is 0 Å². The molecule has 130 valence electrons. The summed E-state index contributed by atoms with van der Waals surface area (Å²) in [7, 11) is 0. The number of hydrogen-bond acceptors (Lipinski definition) is 4. The summed E-state index contributed by atoms with van der Waals surface area (Å²) in [5.41, 5.74) is 8.28. The Hall–Kier alpha value is -2.47. The van der Waals surface area contributed by atoms with Gasteiger partial charge in [0.05, 0.1) is 16.9 Å². The molecule has 0 spiro atoms. The summed E-state index contributed by atoms with van der Waals surface area (Å²) in [6.45, 7) is 4.13. The first-order valence-corrected chi connectivity index (χ1v) is 8.63. The van der Waals surface area contributed by atoms with E-state index in [1.54, 1.807) is 23.0 Å². The van der Waals surface area contributed by atoms with Crippen LogP contribution in [0.15, 0.2) is 30.7 Å². The summed E-state index contributed by atoms with van der Waals surface area (Å²) in [5.74, 6) is 0.572. The van der Waals surface area contributed by atoms with Crippen LogP contribution >= 0.6 is 11.6 Å². The fraction of sp³-hybridized carbons (Fsp3) is 0.333. The molecular formula is C18H20ClN5O. The standard InChI is InChI=1S/C13H10ClN5O.C5H10/c1-7-2-11(8-3-9(14)5-16-4-8)18-13-10(12(15)20)6-17-19(7)13;1-2-5-3-4-5/h2-6H,1H3,(H2,15,20);5H,2-4H2,1H3. The van der Waals surface area contributed by atoms with Crippen LogP contribution in [0.3, 0.4) is 0 Å². The van der Waals surface area contributed by atoms with E-state index >= 15 is 0 Å². The van der Waals surface area contributed by atoms with E-state index in [-0.39, 0.29) is 5.56 Å². The van der Waals surface area contributed by atoms with Gasteiger partial charge >= 0.3 is 0 Å². The summed E-state index contributed by atoms with van der Waals surface area (Å²) < 4.78 is 1.57. The van der Waals surface area contributed by atoms with E-state index in [2.05, 4.69) is 22.0 Å². The van der Waals surface area contributed by atoms with E-state index in [1.165, 1.54) is 25.5 Å². The summed E-state index contributed by atoms with van der Waals surface area (Å²) in [4.78, 5) is 19.8. The Morgan fingerprint density at radius 3 is 2.64 bits per heavy atom. The molecule has 1 amide bonds. The average Bonchev–Trinajstić information content (AvgIpc) is 3.33. The maximum atomic E-state index is 11.4. The number of fused-ring (bicyclic) bond motifs is 1. The van der Waals surface area contributed by atoms with Gasteiger partial charge in [0.15, 0.2) is 5.65 Å². The third kappa shape index (κ3) is 3.96. The van der Waals surface area contributed by atoms with Crippen molar-refractivity contribution in [3.05, 3.63) is 47.0 Å². The highest BCUT2D eigenvalue weighted by atomic mass is 35.5. The molecule has 7 heteroatoms. The zero-order valence-electron chi connectivity index (χ0n) is 14.2. The van der Waals surface area contributed by atoms with Gasteiger partial charge in [-0.25, -0.2) is 9.50 Å². The fourth-order valence-electron chi connectivity index (χ4n) is 2.51. The van der Waals surface area contributed by atoms with Crippen molar-refractivity contribution in [1.29, 1.82) is 0 Å². The van der Waals surface area contributed by atoms with Gasteiger partial charge in [0.25, 0.3) is 5.91 Å². The molecule has 4 rings (SSSR count). The molecule has 6 nitrogen and oxygen atoms in total. The summed E-state index contributed by atoms with van der Waals surface area (Å²) in [6, 6.07) is 3.60. The fourth-order valence-corrected chi connectivity index (χ4v) is 2.69. The Balaban J connectivity index is 0.000000314. The van der Waals surface area contributed by atoms with Gasteiger partial charge < -0.3 is 5.73 Å². The molecule has 0 bridgehead atoms. The van der Waals surface area contributed by atoms with E-state index in [9.17, 15) is 4.79 Å². The number of halogens is 1. The molecular weight excluding hydrogens is 338 g/mol. The lowest BCUT2D eigenvalue weighted by atomic mass is 10.2. The molecule has 1 fully saturated rings. The van der Waals surface area contributed by atoms with Crippen LogP contribution in [0.4, 0.5) is 0 Å². The number of pyridine rings is 1. The highest BCUT2D eigenvalue weighted by molar-refractivity contribution is 6.30. The first-order valence-electron chi connectivity index (χ1n) is 8.25. The molecule has 0 unspecified atom stereocenters. The molecule has 1 aliphatic rings. The van der Waals surface area contributed by atoms with Crippen molar-refractivity contribution < 1.29 is 4.79 Å². The molecule has 3 aromatic rings. The molecule has 2 N–H and O–H groups in total. The Bertz CT molecular complexity index is 917. The lowest BCUT2D eigenvalue weighted by molar-refractivity contribution is 0.100. The number of aromatic nitrogens is 4. The molecule has 0 radical (unpaired) electrons. The van der Waals surface area contributed by atoms with Crippen molar-refractivity contribution in [3.63, 3.8) is 0 Å². The highest BCUT2D eigenvalue weighted by Crippen LogP contribution is 2.31. The minimum atomic E-state index is -0.562. The van der Waals surface area contributed by atoms with E-state index in [4.69, 9.17) is 17.3 Å². The zero-order chi connectivity index (χ0) is 18.0. The Labute approximate surface area is 151 Å². The molecule has 1 aliphatic carbocycles. The van der Waals surface area contributed by atoms with Crippen LogP contribution in [0.1, 0.15) is 42.2 Å². The second-order valence-electron chi connectivity index (χ2n) is 6.18. The van der Waals surface area contributed by atoms with Gasteiger partial charge in [-0.2, -0.15) is 5.10 Å². The number of nitrogens with zero attached hydrogens (tertiary/aromatic N) is 4. The quantitative estimate of drug-likeness (QED) is 0.775. The SMILES string of the molecule is CCC1CC1.Cc1cc(-c2cncc(Cl)c2)nc2c(C(N)=O)cnn12. The number of carbonyl (C=O) groups is 1. The minimum Gasteiger partial charge on any atom is -0.365 e. The monoisotopic (exact) mass is 357 g/mol. The van der Waals surface area contributed by atoms with E-state index in [0.717, 1.165) is 17.2 Å². The van der Waals surface area contributed by atoms with Crippen LogP contribution in [-0.4, -0.2) is 25.5 Å². The molecule has 25 heavy (non-hydrogen) atoms. The Morgan fingerprint density at radius 2 is 2.08 bits per heavy atom.